The van der Waals surface area contributed by atoms with Crippen molar-refractivity contribution in [1.82, 2.24) is 4.90 Å². The Bertz CT molecular complexity index is 169. The Balaban J connectivity index is 2.08. The Morgan fingerprint density at radius 2 is 2.30 bits per heavy atom. The number of carboxylic acid groups (broad SMARTS) is 1. The fourth-order valence-corrected chi connectivity index (χ4v) is 2.06. The number of piperidine rings is 1. The molecule has 0 aromatic carbocycles. The van der Waals surface area contributed by atoms with Crippen molar-refractivity contribution in [2.24, 2.45) is 11.8 Å². The predicted molar refractivity (Wildman–Crippen MR) is 35.7 cm³/mol. The standard InChI is InChI=1S/C7H11NO2/c9-7(10)6-4-8-2-1-5(6)3-8/h5-6H,1-4H2,(H,9,10). The van der Waals surface area contributed by atoms with Crippen molar-refractivity contribution >= 4 is 5.97 Å². The molecule has 2 bridgehead atoms. The molecule has 3 heteroatoms. The van der Waals surface area contributed by atoms with Crippen molar-refractivity contribution in [2.75, 3.05) is 19.6 Å². The van der Waals surface area contributed by atoms with E-state index in [2.05, 4.69) is 4.90 Å². The number of carbonyl (C=O) groups is 1. The zero-order valence-corrected chi connectivity index (χ0v) is 5.79. The Morgan fingerprint density at radius 1 is 1.50 bits per heavy atom. The minimum Gasteiger partial charge on any atom is -0.481 e. The molecule has 3 nitrogen and oxygen atoms in total. The van der Waals surface area contributed by atoms with Crippen LogP contribution in [0, 0.1) is 11.8 Å². The zero-order chi connectivity index (χ0) is 7.14. The SMILES string of the molecule is O=C(O)C1CN2CCC1C2. The maximum absolute atomic E-state index is 10.6. The minimum absolute atomic E-state index is 0.0613. The molecule has 0 aliphatic carbocycles. The van der Waals surface area contributed by atoms with E-state index in [0.717, 1.165) is 26.1 Å². The van der Waals surface area contributed by atoms with Gasteiger partial charge in [0.2, 0.25) is 0 Å². The topological polar surface area (TPSA) is 40.5 Å². The predicted octanol–water partition coefficient (Wildman–Crippen LogP) is 0.0227. The van der Waals surface area contributed by atoms with Crippen LogP contribution >= 0.6 is 0 Å². The van der Waals surface area contributed by atoms with Crippen molar-refractivity contribution in [3.63, 3.8) is 0 Å². The maximum Gasteiger partial charge on any atom is 0.308 e. The largest absolute Gasteiger partial charge is 0.481 e. The van der Waals surface area contributed by atoms with E-state index in [-0.39, 0.29) is 5.92 Å². The average molecular weight is 141 g/mol. The Morgan fingerprint density at radius 3 is 2.60 bits per heavy atom. The van der Waals surface area contributed by atoms with Gasteiger partial charge in [-0.05, 0) is 18.9 Å². The van der Waals surface area contributed by atoms with Crippen LogP contribution < -0.4 is 0 Å². The maximum atomic E-state index is 10.6. The van der Waals surface area contributed by atoms with E-state index >= 15 is 0 Å². The summed E-state index contributed by atoms with van der Waals surface area (Å²) in [5.41, 5.74) is 0. The van der Waals surface area contributed by atoms with Crippen molar-refractivity contribution < 1.29 is 9.90 Å². The van der Waals surface area contributed by atoms with Crippen LogP contribution in [-0.2, 0) is 4.79 Å². The molecule has 3 unspecified atom stereocenters. The first-order valence-electron chi connectivity index (χ1n) is 3.72. The third-order valence-electron chi connectivity index (χ3n) is 2.65. The number of hydrogen-bond donors (Lipinski definition) is 1. The first-order chi connectivity index (χ1) is 4.77. The van der Waals surface area contributed by atoms with Gasteiger partial charge in [0.15, 0.2) is 0 Å². The lowest BCUT2D eigenvalue weighted by atomic mass is 9.93. The lowest BCUT2D eigenvalue weighted by molar-refractivity contribution is -0.143. The lowest BCUT2D eigenvalue weighted by Crippen LogP contribution is -2.28. The van der Waals surface area contributed by atoms with Gasteiger partial charge in [-0.15, -0.1) is 0 Å². The summed E-state index contributed by atoms with van der Waals surface area (Å²) in [7, 11) is 0. The van der Waals surface area contributed by atoms with E-state index in [4.69, 9.17) is 5.11 Å². The van der Waals surface area contributed by atoms with Gasteiger partial charge in [-0.2, -0.15) is 0 Å². The van der Waals surface area contributed by atoms with Crippen molar-refractivity contribution in [2.45, 2.75) is 6.42 Å². The first kappa shape index (κ1) is 6.16. The van der Waals surface area contributed by atoms with Gasteiger partial charge in [0.25, 0.3) is 0 Å². The number of carboxylic acids is 1. The third kappa shape index (κ3) is 0.736. The summed E-state index contributed by atoms with van der Waals surface area (Å²) < 4.78 is 0. The molecule has 2 heterocycles. The van der Waals surface area contributed by atoms with E-state index in [1.807, 2.05) is 0 Å². The number of hydrogen-bond acceptors (Lipinski definition) is 2. The average Bonchev–Trinajstić information content (AvgIpc) is 2.44. The second kappa shape index (κ2) is 1.95. The molecule has 2 saturated heterocycles. The summed E-state index contributed by atoms with van der Waals surface area (Å²) >= 11 is 0. The number of rotatable bonds is 1. The molecule has 0 amide bonds. The molecule has 2 rings (SSSR count). The van der Waals surface area contributed by atoms with E-state index in [1.165, 1.54) is 0 Å². The molecule has 2 fully saturated rings. The molecule has 0 spiro atoms. The van der Waals surface area contributed by atoms with E-state index in [1.54, 1.807) is 0 Å². The molecule has 2 aliphatic rings. The summed E-state index contributed by atoms with van der Waals surface area (Å²) in [6.07, 6.45) is 1.09. The summed E-state index contributed by atoms with van der Waals surface area (Å²) in [6.45, 7) is 2.94. The van der Waals surface area contributed by atoms with Crippen LogP contribution in [0.15, 0.2) is 0 Å². The Hall–Kier alpha value is -0.570. The normalized spacial score (nSPS) is 44.2. The highest BCUT2D eigenvalue weighted by atomic mass is 16.4. The molecule has 1 N–H and O–H groups in total. The fourth-order valence-electron chi connectivity index (χ4n) is 2.06. The highest BCUT2D eigenvalue weighted by Gasteiger charge is 2.41. The molecule has 2 aliphatic heterocycles. The highest BCUT2D eigenvalue weighted by Crippen LogP contribution is 2.32. The molecule has 3 atom stereocenters. The molecule has 0 radical (unpaired) electrons. The molecule has 0 aromatic rings. The molecular weight excluding hydrogens is 130 g/mol. The summed E-state index contributed by atoms with van der Waals surface area (Å²) in [6, 6.07) is 0. The minimum atomic E-state index is -0.604. The van der Waals surface area contributed by atoms with Gasteiger partial charge in [-0.3, -0.25) is 4.79 Å². The zero-order valence-electron chi connectivity index (χ0n) is 5.79. The quantitative estimate of drug-likeness (QED) is 0.559. The van der Waals surface area contributed by atoms with Gasteiger partial charge in [0.05, 0.1) is 5.92 Å². The van der Waals surface area contributed by atoms with Crippen LogP contribution in [0.25, 0.3) is 0 Å². The number of aliphatic carboxylic acids is 1. The smallest absolute Gasteiger partial charge is 0.308 e. The van der Waals surface area contributed by atoms with Gasteiger partial charge in [0, 0.05) is 13.1 Å². The van der Waals surface area contributed by atoms with Crippen LogP contribution in [0.5, 0.6) is 0 Å². The van der Waals surface area contributed by atoms with Crippen molar-refractivity contribution in [3.8, 4) is 0 Å². The summed E-state index contributed by atoms with van der Waals surface area (Å²) in [5, 5.41) is 8.71. The van der Waals surface area contributed by atoms with Crippen LogP contribution in [0.1, 0.15) is 6.42 Å². The van der Waals surface area contributed by atoms with Crippen LogP contribution in [0.3, 0.4) is 0 Å². The second-order valence-electron chi connectivity index (χ2n) is 3.25. The lowest BCUT2D eigenvalue weighted by Gasteiger charge is -2.17. The molecule has 10 heavy (non-hydrogen) atoms. The number of nitrogens with zero attached hydrogens (tertiary/aromatic N) is 1. The van der Waals surface area contributed by atoms with Gasteiger partial charge in [-0.25, -0.2) is 0 Å². The van der Waals surface area contributed by atoms with Crippen LogP contribution in [0.4, 0.5) is 0 Å². The van der Waals surface area contributed by atoms with Gasteiger partial charge >= 0.3 is 5.97 Å². The molecule has 56 valence electrons. The summed E-state index contributed by atoms with van der Waals surface area (Å²) in [4.78, 5) is 12.8. The number of fused-ring (bicyclic) bond motifs is 2. The third-order valence-corrected chi connectivity index (χ3v) is 2.65. The molecular formula is C7H11NO2. The van der Waals surface area contributed by atoms with E-state index in [0.29, 0.717) is 5.92 Å². The van der Waals surface area contributed by atoms with E-state index in [9.17, 15) is 4.79 Å². The van der Waals surface area contributed by atoms with Gasteiger partial charge in [0.1, 0.15) is 0 Å². The van der Waals surface area contributed by atoms with Crippen molar-refractivity contribution in [3.05, 3.63) is 0 Å². The van der Waals surface area contributed by atoms with Crippen LogP contribution in [-0.4, -0.2) is 35.6 Å². The summed E-state index contributed by atoms with van der Waals surface area (Å²) in [5.74, 6) is -0.210. The first-order valence-corrected chi connectivity index (χ1v) is 3.72. The van der Waals surface area contributed by atoms with E-state index < -0.39 is 5.97 Å². The highest BCUT2D eigenvalue weighted by molar-refractivity contribution is 5.71. The molecule has 0 saturated carbocycles. The fraction of sp³-hybridized carbons (Fsp3) is 0.857. The Labute approximate surface area is 59.6 Å². The Kier molecular flexibility index (Phi) is 1.20. The monoisotopic (exact) mass is 141 g/mol. The molecule has 0 aromatic heterocycles. The van der Waals surface area contributed by atoms with Crippen molar-refractivity contribution in [1.29, 1.82) is 0 Å². The second-order valence-corrected chi connectivity index (χ2v) is 3.25. The van der Waals surface area contributed by atoms with Gasteiger partial charge < -0.3 is 10.0 Å². The van der Waals surface area contributed by atoms with Crippen LogP contribution in [0.2, 0.25) is 0 Å². The van der Waals surface area contributed by atoms with Gasteiger partial charge in [-0.1, -0.05) is 0 Å².